The molecule has 0 spiro atoms. The zero-order valence-electron chi connectivity index (χ0n) is 19.1. The van der Waals surface area contributed by atoms with Crippen LogP contribution in [0.1, 0.15) is 80.0 Å². The molecule has 168 valence electrons. The molecule has 6 rings (SSSR count). The molecule has 0 radical (unpaired) electrons. The molecule has 3 aromatic rings. The van der Waals surface area contributed by atoms with Crippen LogP contribution in [0.3, 0.4) is 0 Å². The van der Waals surface area contributed by atoms with Gasteiger partial charge in [-0.05, 0) is 76.7 Å². The summed E-state index contributed by atoms with van der Waals surface area (Å²) < 4.78 is 7.61. The first-order valence-corrected chi connectivity index (χ1v) is 12.2. The van der Waals surface area contributed by atoms with Crippen molar-refractivity contribution >= 4 is 17.0 Å². The first-order chi connectivity index (χ1) is 15.5. The van der Waals surface area contributed by atoms with Crippen molar-refractivity contribution in [2.45, 2.75) is 77.8 Å². The lowest BCUT2D eigenvalue weighted by Gasteiger charge is -2.28. The smallest absolute Gasteiger partial charge is 0.259 e. The highest BCUT2D eigenvalue weighted by Gasteiger charge is 2.42. The Bertz CT molecular complexity index is 1190. The minimum Gasteiger partial charge on any atom is -0.349 e. The van der Waals surface area contributed by atoms with E-state index in [-0.39, 0.29) is 11.9 Å². The van der Waals surface area contributed by atoms with E-state index in [0.717, 1.165) is 48.2 Å². The summed E-state index contributed by atoms with van der Waals surface area (Å²) in [7, 11) is 0. The molecule has 0 aromatic carbocycles. The summed E-state index contributed by atoms with van der Waals surface area (Å²) in [5.41, 5.74) is 4.58. The zero-order valence-corrected chi connectivity index (χ0v) is 19.1. The van der Waals surface area contributed by atoms with Crippen molar-refractivity contribution in [3.63, 3.8) is 0 Å². The number of rotatable bonds is 6. The summed E-state index contributed by atoms with van der Waals surface area (Å²) in [5.74, 6) is 2.60. The second-order valence-corrected chi connectivity index (χ2v) is 10.1. The predicted molar refractivity (Wildman–Crippen MR) is 121 cm³/mol. The molecule has 0 saturated heterocycles. The Morgan fingerprint density at radius 1 is 1.28 bits per heavy atom. The molecule has 32 heavy (non-hydrogen) atoms. The maximum atomic E-state index is 13.6. The molecule has 3 aliphatic carbocycles. The van der Waals surface area contributed by atoms with Gasteiger partial charge in [0.1, 0.15) is 5.69 Å². The molecule has 3 fully saturated rings. The molecule has 7 nitrogen and oxygen atoms in total. The van der Waals surface area contributed by atoms with Crippen LogP contribution in [0.2, 0.25) is 0 Å². The van der Waals surface area contributed by atoms with Crippen molar-refractivity contribution in [1.82, 2.24) is 25.2 Å². The van der Waals surface area contributed by atoms with Crippen molar-refractivity contribution in [2.24, 2.45) is 17.8 Å². The second-order valence-electron chi connectivity index (χ2n) is 10.1. The summed E-state index contributed by atoms with van der Waals surface area (Å²) in [6, 6.07) is 2.14. The van der Waals surface area contributed by atoms with Crippen LogP contribution in [0.15, 0.2) is 16.8 Å². The Balaban J connectivity index is 1.39. The SMILES string of the molecule is CCn1ncc(-c2noc3nc(C4CC4)cc(C(=O)N[C@@H](C)[C@H]4C[C@H]5CC[C@H]4C5)c23)c1C. The van der Waals surface area contributed by atoms with Gasteiger partial charge in [0, 0.05) is 35.5 Å². The lowest BCUT2D eigenvalue weighted by molar-refractivity contribution is 0.0916. The van der Waals surface area contributed by atoms with Crippen LogP contribution in [0.5, 0.6) is 0 Å². The molecule has 1 N–H and O–H groups in total. The van der Waals surface area contributed by atoms with E-state index in [0.29, 0.717) is 34.2 Å². The summed E-state index contributed by atoms with van der Waals surface area (Å²) in [6.45, 7) is 7.03. The summed E-state index contributed by atoms with van der Waals surface area (Å²) in [5, 5.41) is 12.9. The zero-order chi connectivity index (χ0) is 22.0. The number of hydrogen-bond donors (Lipinski definition) is 1. The lowest BCUT2D eigenvalue weighted by Crippen LogP contribution is -2.40. The largest absolute Gasteiger partial charge is 0.349 e. The Morgan fingerprint density at radius 3 is 2.78 bits per heavy atom. The quantitative estimate of drug-likeness (QED) is 0.601. The topological polar surface area (TPSA) is 85.8 Å². The molecule has 0 unspecified atom stereocenters. The van der Waals surface area contributed by atoms with Crippen LogP contribution in [-0.4, -0.2) is 31.9 Å². The molecular weight excluding hydrogens is 402 g/mol. The van der Waals surface area contributed by atoms with E-state index in [1.807, 2.05) is 23.9 Å². The van der Waals surface area contributed by atoms with Gasteiger partial charge in [0.05, 0.1) is 17.1 Å². The number of amides is 1. The van der Waals surface area contributed by atoms with E-state index >= 15 is 0 Å². The number of pyridine rings is 1. The third-order valence-corrected chi connectivity index (χ3v) is 8.16. The number of aryl methyl sites for hydroxylation is 1. The second kappa shape index (κ2) is 7.42. The fourth-order valence-corrected chi connectivity index (χ4v) is 6.22. The monoisotopic (exact) mass is 433 g/mol. The Labute approximate surface area is 187 Å². The van der Waals surface area contributed by atoms with Crippen molar-refractivity contribution in [1.29, 1.82) is 0 Å². The highest BCUT2D eigenvalue weighted by atomic mass is 16.5. The van der Waals surface area contributed by atoms with E-state index in [1.165, 1.54) is 25.7 Å². The highest BCUT2D eigenvalue weighted by Crippen LogP contribution is 2.49. The third-order valence-electron chi connectivity index (χ3n) is 8.16. The van der Waals surface area contributed by atoms with E-state index in [4.69, 9.17) is 9.51 Å². The van der Waals surface area contributed by atoms with Crippen LogP contribution >= 0.6 is 0 Å². The molecule has 2 bridgehead atoms. The van der Waals surface area contributed by atoms with Gasteiger partial charge in [-0.15, -0.1) is 0 Å². The van der Waals surface area contributed by atoms with Gasteiger partial charge in [0.25, 0.3) is 11.6 Å². The van der Waals surface area contributed by atoms with Crippen LogP contribution in [-0.2, 0) is 6.54 Å². The van der Waals surface area contributed by atoms with Gasteiger partial charge in [0.2, 0.25) is 0 Å². The van der Waals surface area contributed by atoms with E-state index in [2.05, 4.69) is 29.4 Å². The Hall–Kier alpha value is -2.70. The molecule has 3 saturated carbocycles. The standard InChI is InChI=1S/C25H31N5O2/c1-4-30-14(3)20(12-26-30)23-22-19(11-21(16-7-8-16)28-25(22)32-29-23)24(31)27-13(2)18-10-15-5-6-17(18)9-15/h11-13,15-18H,4-10H2,1-3H3,(H,27,31)/t13-,15-,17-,18+/m0/s1. The molecule has 0 aliphatic heterocycles. The number of aromatic nitrogens is 4. The van der Waals surface area contributed by atoms with Crippen molar-refractivity contribution in [2.75, 3.05) is 0 Å². The number of nitrogens with one attached hydrogen (secondary N) is 1. The average Bonchev–Trinajstić information content (AvgIpc) is 3.12. The third kappa shape index (κ3) is 3.16. The van der Waals surface area contributed by atoms with Gasteiger partial charge < -0.3 is 9.84 Å². The Morgan fingerprint density at radius 2 is 2.12 bits per heavy atom. The van der Waals surface area contributed by atoms with E-state index in [9.17, 15) is 4.79 Å². The van der Waals surface area contributed by atoms with Crippen molar-refractivity contribution in [3.8, 4) is 11.3 Å². The fourth-order valence-electron chi connectivity index (χ4n) is 6.22. The van der Waals surface area contributed by atoms with Crippen LogP contribution < -0.4 is 5.32 Å². The molecule has 7 heteroatoms. The van der Waals surface area contributed by atoms with Crippen molar-refractivity contribution < 1.29 is 9.32 Å². The average molecular weight is 434 g/mol. The predicted octanol–water partition coefficient (Wildman–Crippen LogP) is 4.85. The first kappa shape index (κ1) is 19.9. The van der Waals surface area contributed by atoms with Gasteiger partial charge >= 0.3 is 0 Å². The van der Waals surface area contributed by atoms with Crippen molar-refractivity contribution in [3.05, 3.63) is 29.2 Å². The fraction of sp³-hybridized carbons (Fsp3) is 0.600. The van der Waals surface area contributed by atoms with Gasteiger partial charge in [-0.3, -0.25) is 9.48 Å². The van der Waals surface area contributed by atoms with Crippen LogP contribution in [0, 0.1) is 24.7 Å². The van der Waals surface area contributed by atoms with Gasteiger partial charge in [0.15, 0.2) is 0 Å². The maximum absolute atomic E-state index is 13.6. The molecule has 4 atom stereocenters. The molecule has 3 aliphatic rings. The minimum atomic E-state index is -0.0421. The molecule has 1 amide bonds. The van der Waals surface area contributed by atoms with Gasteiger partial charge in [-0.1, -0.05) is 11.6 Å². The molecular formula is C25H31N5O2. The number of hydrogen-bond acceptors (Lipinski definition) is 5. The van der Waals surface area contributed by atoms with E-state index in [1.54, 1.807) is 0 Å². The molecule has 3 aromatic heterocycles. The van der Waals surface area contributed by atoms with E-state index < -0.39 is 0 Å². The minimum absolute atomic E-state index is 0.0421. The maximum Gasteiger partial charge on any atom is 0.259 e. The van der Waals surface area contributed by atoms with Gasteiger partial charge in [-0.25, -0.2) is 4.98 Å². The normalized spacial score (nSPS) is 25.5. The van der Waals surface area contributed by atoms with Gasteiger partial charge in [-0.2, -0.15) is 5.10 Å². The van der Waals surface area contributed by atoms with Crippen LogP contribution in [0.4, 0.5) is 0 Å². The summed E-state index contributed by atoms with van der Waals surface area (Å²) in [6.07, 6.45) is 9.31. The molecule has 3 heterocycles. The number of carbonyl (C=O) groups is 1. The number of carbonyl (C=O) groups excluding carboxylic acids is 1. The number of fused-ring (bicyclic) bond motifs is 3. The summed E-state index contributed by atoms with van der Waals surface area (Å²) in [4.78, 5) is 18.4. The Kier molecular flexibility index (Phi) is 4.63. The highest BCUT2D eigenvalue weighted by molar-refractivity contribution is 6.09. The van der Waals surface area contributed by atoms with Crippen LogP contribution in [0.25, 0.3) is 22.4 Å². The lowest BCUT2D eigenvalue weighted by atomic mass is 9.84. The number of nitrogens with zero attached hydrogens (tertiary/aromatic N) is 4. The summed E-state index contributed by atoms with van der Waals surface area (Å²) >= 11 is 0. The first-order valence-electron chi connectivity index (χ1n) is 12.2.